The van der Waals surface area contributed by atoms with E-state index in [4.69, 9.17) is 15.1 Å². The Bertz CT molecular complexity index is 426. The van der Waals surface area contributed by atoms with Crippen molar-refractivity contribution in [3.8, 4) is 11.8 Å². The normalized spacial score (nSPS) is 9.50. The Hall–Kier alpha value is -1.67. The molecule has 0 aromatic heterocycles. The van der Waals surface area contributed by atoms with E-state index < -0.39 is 5.97 Å². The lowest BCUT2D eigenvalue weighted by Gasteiger charge is -2.07. The summed E-state index contributed by atoms with van der Waals surface area (Å²) in [7, 11) is 1.55. The van der Waals surface area contributed by atoms with Crippen molar-refractivity contribution in [2.75, 3.05) is 12.9 Å². The third-order valence-corrected chi connectivity index (χ3v) is 2.86. The Morgan fingerprint density at radius 1 is 1.62 bits per heavy atom. The second kappa shape index (κ2) is 6.03. The molecule has 0 bridgehead atoms. The Kier molecular flexibility index (Phi) is 4.67. The lowest BCUT2D eigenvalue weighted by Crippen LogP contribution is -1.99. The molecule has 1 rings (SSSR count). The SMILES string of the molecule is COc1ccc(C#N)cc1CSCC(=O)O. The third kappa shape index (κ3) is 3.48. The minimum absolute atomic E-state index is 0.0416. The molecule has 84 valence electrons. The van der Waals surface area contributed by atoms with Gasteiger partial charge in [0.1, 0.15) is 5.75 Å². The van der Waals surface area contributed by atoms with Crippen LogP contribution in [0.3, 0.4) is 0 Å². The number of rotatable bonds is 5. The zero-order valence-electron chi connectivity index (χ0n) is 8.77. The third-order valence-electron chi connectivity index (χ3n) is 1.89. The van der Waals surface area contributed by atoms with Crippen LogP contribution in [-0.4, -0.2) is 23.9 Å². The minimum Gasteiger partial charge on any atom is -0.496 e. The average Bonchev–Trinajstić information content (AvgIpc) is 2.28. The fourth-order valence-electron chi connectivity index (χ4n) is 1.21. The molecule has 1 aromatic rings. The number of carbonyl (C=O) groups is 1. The number of thioether (sulfide) groups is 1. The van der Waals surface area contributed by atoms with Crippen LogP contribution in [0.5, 0.6) is 5.75 Å². The van der Waals surface area contributed by atoms with Crippen LogP contribution in [0.1, 0.15) is 11.1 Å². The first-order valence-electron chi connectivity index (χ1n) is 4.54. The first kappa shape index (κ1) is 12.4. The molecule has 0 aliphatic heterocycles. The molecule has 0 heterocycles. The molecule has 4 nitrogen and oxygen atoms in total. The van der Waals surface area contributed by atoms with Crippen molar-refractivity contribution in [2.24, 2.45) is 0 Å². The Balaban J connectivity index is 2.76. The van der Waals surface area contributed by atoms with E-state index in [1.54, 1.807) is 25.3 Å². The van der Waals surface area contributed by atoms with Crippen molar-refractivity contribution in [2.45, 2.75) is 5.75 Å². The molecule has 0 saturated heterocycles. The van der Waals surface area contributed by atoms with E-state index in [0.29, 0.717) is 17.1 Å². The predicted octanol–water partition coefficient (Wildman–Crippen LogP) is 1.88. The molecule has 0 saturated carbocycles. The van der Waals surface area contributed by atoms with E-state index in [1.807, 2.05) is 6.07 Å². The molecule has 0 radical (unpaired) electrons. The maximum atomic E-state index is 10.4. The van der Waals surface area contributed by atoms with Crippen LogP contribution < -0.4 is 4.74 Å². The first-order valence-corrected chi connectivity index (χ1v) is 5.69. The maximum Gasteiger partial charge on any atom is 0.313 e. The molecule has 0 aliphatic rings. The summed E-state index contributed by atoms with van der Waals surface area (Å²) in [5.41, 5.74) is 1.39. The topological polar surface area (TPSA) is 70.3 Å². The van der Waals surface area contributed by atoms with Gasteiger partial charge in [-0.1, -0.05) is 0 Å². The first-order chi connectivity index (χ1) is 7.67. The second-order valence-electron chi connectivity index (χ2n) is 3.02. The molecule has 5 heteroatoms. The van der Waals surface area contributed by atoms with Gasteiger partial charge in [-0.3, -0.25) is 4.79 Å². The molecule has 0 unspecified atom stereocenters. The number of aliphatic carboxylic acids is 1. The lowest BCUT2D eigenvalue weighted by molar-refractivity contribution is -0.133. The summed E-state index contributed by atoms with van der Waals surface area (Å²) in [6.45, 7) is 0. The van der Waals surface area contributed by atoms with Gasteiger partial charge >= 0.3 is 5.97 Å². The highest BCUT2D eigenvalue weighted by atomic mass is 32.2. The standard InChI is InChI=1S/C11H11NO3S/c1-15-10-3-2-8(5-12)4-9(10)6-16-7-11(13)14/h2-4H,6-7H2,1H3,(H,13,14). The van der Waals surface area contributed by atoms with Gasteiger partial charge in [0.05, 0.1) is 24.5 Å². The fourth-order valence-corrected chi connectivity index (χ4v) is 1.93. The van der Waals surface area contributed by atoms with Crippen LogP contribution >= 0.6 is 11.8 Å². The van der Waals surface area contributed by atoms with Gasteiger partial charge in [0.15, 0.2) is 0 Å². The van der Waals surface area contributed by atoms with E-state index in [9.17, 15) is 4.79 Å². The summed E-state index contributed by atoms with van der Waals surface area (Å²) < 4.78 is 5.13. The molecule has 0 amide bonds. The van der Waals surface area contributed by atoms with E-state index in [2.05, 4.69) is 0 Å². The summed E-state index contributed by atoms with van der Waals surface area (Å²) in [5, 5.41) is 17.3. The minimum atomic E-state index is -0.847. The highest BCUT2D eigenvalue weighted by molar-refractivity contribution is 7.99. The zero-order chi connectivity index (χ0) is 12.0. The molecule has 0 spiro atoms. The molecule has 16 heavy (non-hydrogen) atoms. The molecule has 0 fully saturated rings. The van der Waals surface area contributed by atoms with E-state index >= 15 is 0 Å². The van der Waals surface area contributed by atoms with E-state index in [-0.39, 0.29) is 5.75 Å². The molecular weight excluding hydrogens is 226 g/mol. The largest absolute Gasteiger partial charge is 0.496 e. The number of carboxylic acids is 1. The number of nitrogens with zero attached hydrogens (tertiary/aromatic N) is 1. The average molecular weight is 237 g/mol. The van der Waals surface area contributed by atoms with Gasteiger partial charge in [-0.15, -0.1) is 11.8 Å². The van der Waals surface area contributed by atoms with Crippen LogP contribution in [0.25, 0.3) is 0 Å². The Morgan fingerprint density at radius 3 is 2.94 bits per heavy atom. The van der Waals surface area contributed by atoms with Crippen molar-refractivity contribution in [1.82, 2.24) is 0 Å². The molecule has 0 atom stereocenters. The Morgan fingerprint density at radius 2 is 2.38 bits per heavy atom. The number of nitriles is 1. The summed E-state index contributed by atoms with van der Waals surface area (Å²) in [4.78, 5) is 10.4. The van der Waals surface area contributed by atoms with Gasteiger partial charge < -0.3 is 9.84 Å². The molecule has 1 N–H and O–H groups in total. The molecule has 0 aliphatic carbocycles. The number of hydrogen-bond donors (Lipinski definition) is 1. The smallest absolute Gasteiger partial charge is 0.313 e. The van der Waals surface area contributed by atoms with Crippen molar-refractivity contribution in [3.05, 3.63) is 29.3 Å². The lowest BCUT2D eigenvalue weighted by atomic mass is 10.1. The molecular formula is C11H11NO3S. The van der Waals surface area contributed by atoms with Crippen LogP contribution in [-0.2, 0) is 10.5 Å². The Labute approximate surface area is 97.8 Å². The van der Waals surface area contributed by atoms with E-state index in [0.717, 1.165) is 5.56 Å². The van der Waals surface area contributed by atoms with Crippen molar-refractivity contribution in [3.63, 3.8) is 0 Å². The number of hydrogen-bond acceptors (Lipinski definition) is 4. The van der Waals surface area contributed by atoms with Crippen LogP contribution in [0.2, 0.25) is 0 Å². The highest BCUT2D eigenvalue weighted by Crippen LogP contribution is 2.24. The molecule has 1 aromatic carbocycles. The summed E-state index contributed by atoms with van der Waals surface area (Å²) >= 11 is 1.27. The van der Waals surface area contributed by atoms with Crippen LogP contribution in [0, 0.1) is 11.3 Å². The van der Waals surface area contributed by atoms with Crippen LogP contribution in [0.15, 0.2) is 18.2 Å². The maximum absolute atomic E-state index is 10.4. The summed E-state index contributed by atoms with van der Waals surface area (Å²) in [6.07, 6.45) is 0. The highest BCUT2D eigenvalue weighted by Gasteiger charge is 2.06. The number of benzene rings is 1. The van der Waals surface area contributed by atoms with Crippen molar-refractivity contribution in [1.29, 1.82) is 5.26 Å². The van der Waals surface area contributed by atoms with Gasteiger partial charge in [0.2, 0.25) is 0 Å². The quantitative estimate of drug-likeness (QED) is 0.846. The van der Waals surface area contributed by atoms with Gasteiger partial charge in [0, 0.05) is 11.3 Å². The predicted molar refractivity (Wildman–Crippen MR) is 61.5 cm³/mol. The van der Waals surface area contributed by atoms with Gasteiger partial charge in [-0.05, 0) is 18.2 Å². The fraction of sp³-hybridized carbons (Fsp3) is 0.273. The van der Waals surface area contributed by atoms with Gasteiger partial charge in [-0.25, -0.2) is 0 Å². The monoisotopic (exact) mass is 237 g/mol. The van der Waals surface area contributed by atoms with Gasteiger partial charge in [0.25, 0.3) is 0 Å². The number of ether oxygens (including phenoxy) is 1. The number of methoxy groups -OCH3 is 1. The van der Waals surface area contributed by atoms with Crippen molar-refractivity contribution >= 4 is 17.7 Å². The van der Waals surface area contributed by atoms with Crippen molar-refractivity contribution < 1.29 is 14.6 Å². The zero-order valence-corrected chi connectivity index (χ0v) is 9.58. The van der Waals surface area contributed by atoms with E-state index in [1.165, 1.54) is 11.8 Å². The second-order valence-corrected chi connectivity index (χ2v) is 4.01. The van der Waals surface area contributed by atoms with Gasteiger partial charge in [-0.2, -0.15) is 5.26 Å². The van der Waals surface area contributed by atoms with Crippen LogP contribution in [0.4, 0.5) is 0 Å². The number of carboxylic acid groups (broad SMARTS) is 1. The summed E-state index contributed by atoms with van der Waals surface area (Å²) in [5.74, 6) is 0.391. The summed E-state index contributed by atoms with van der Waals surface area (Å²) in [6, 6.07) is 7.14.